The molecule has 160 valence electrons. The first-order chi connectivity index (χ1) is 15.5. The first-order valence-corrected chi connectivity index (χ1v) is 10.5. The van der Waals surface area contributed by atoms with Crippen molar-refractivity contribution in [2.75, 3.05) is 5.32 Å². The molecule has 0 unspecified atom stereocenters. The number of rotatable bonds is 5. The van der Waals surface area contributed by atoms with Crippen LogP contribution in [0.2, 0.25) is 0 Å². The minimum absolute atomic E-state index is 0.197. The number of amides is 1. The van der Waals surface area contributed by atoms with Gasteiger partial charge in [-0.15, -0.1) is 0 Å². The summed E-state index contributed by atoms with van der Waals surface area (Å²) in [4.78, 5) is 42.4. The quantitative estimate of drug-likeness (QED) is 0.528. The van der Waals surface area contributed by atoms with E-state index in [1.807, 2.05) is 30.3 Å². The van der Waals surface area contributed by atoms with Gasteiger partial charge in [-0.1, -0.05) is 18.2 Å². The summed E-state index contributed by atoms with van der Waals surface area (Å²) in [6, 6.07) is 17.5. The fourth-order valence-corrected chi connectivity index (χ4v) is 3.77. The van der Waals surface area contributed by atoms with Gasteiger partial charge >= 0.3 is 0 Å². The maximum atomic E-state index is 13.2. The molecule has 0 spiro atoms. The SMILES string of the molecule is Cc1nc2ccc(NC(=O)Cn3nc(C4CC4)ccc3=O)cc2c(=O)n1-c1ccccc1. The van der Waals surface area contributed by atoms with Gasteiger partial charge in [-0.25, -0.2) is 9.67 Å². The zero-order valence-corrected chi connectivity index (χ0v) is 17.5. The summed E-state index contributed by atoms with van der Waals surface area (Å²) in [5.74, 6) is 0.565. The van der Waals surface area contributed by atoms with E-state index in [1.54, 1.807) is 35.8 Å². The molecule has 1 amide bonds. The van der Waals surface area contributed by atoms with E-state index in [-0.39, 0.29) is 17.7 Å². The summed E-state index contributed by atoms with van der Waals surface area (Å²) in [6.45, 7) is 1.59. The predicted octanol–water partition coefficient (Wildman–Crippen LogP) is 2.77. The molecule has 32 heavy (non-hydrogen) atoms. The van der Waals surface area contributed by atoms with Crippen LogP contribution in [0.5, 0.6) is 0 Å². The van der Waals surface area contributed by atoms with Crippen LogP contribution in [-0.4, -0.2) is 25.2 Å². The van der Waals surface area contributed by atoms with Gasteiger partial charge in [-0.3, -0.25) is 19.0 Å². The lowest BCUT2D eigenvalue weighted by Crippen LogP contribution is -2.29. The summed E-state index contributed by atoms with van der Waals surface area (Å²) in [5.41, 5.74) is 2.02. The number of carbonyl (C=O) groups is 1. The van der Waals surface area contributed by atoms with Crippen LogP contribution in [0.4, 0.5) is 5.69 Å². The van der Waals surface area contributed by atoms with E-state index in [0.717, 1.165) is 24.2 Å². The van der Waals surface area contributed by atoms with E-state index in [1.165, 1.54) is 10.7 Å². The van der Waals surface area contributed by atoms with Gasteiger partial charge in [0.15, 0.2) is 0 Å². The predicted molar refractivity (Wildman–Crippen MR) is 121 cm³/mol. The zero-order chi connectivity index (χ0) is 22.2. The molecule has 0 radical (unpaired) electrons. The third kappa shape index (κ3) is 3.82. The fourth-order valence-electron chi connectivity index (χ4n) is 3.77. The summed E-state index contributed by atoms with van der Waals surface area (Å²) in [7, 11) is 0. The number of benzene rings is 2. The standard InChI is InChI=1S/C24H21N5O3/c1-15-25-21-10-9-17(13-19(21)24(32)29(15)18-5-3-2-4-6-18)26-22(30)14-28-23(31)12-11-20(27-28)16-7-8-16/h2-6,9-13,16H,7-8,14H2,1H3,(H,26,30). The summed E-state index contributed by atoms with van der Waals surface area (Å²) in [5, 5.41) is 7.47. The summed E-state index contributed by atoms with van der Waals surface area (Å²) in [6.07, 6.45) is 2.12. The second-order valence-electron chi connectivity index (χ2n) is 7.94. The van der Waals surface area contributed by atoms with Crippen molar-refractivity contribution < 1.29 is 4.79 Å². The topological polar surface area (TPSA) is 98.9 Å². The highest BCUT2D eigenvalue weighted by Gasteiger charge is 2.25. The molecule has 2 heterocycles. The number of anilines is 1. The molecule has 0 atom stereocenters. The van der Waals surface area contributed by atoms with Crippen LogP contribution in [0.3, 0.4) is 0 Å². The lowest BCUT2D eigenvalue weighted by atomic mass is 10.2. The first-order valence-electron chi connectivity index (χ1n) is 10.5. The normalized spacial score (nSPS) is 13.3. The Bertz CT molecular complexity index is 1450. The Hall–Kier alpha value is -4.07. The third-order valence-electron chi connectivity index (χ3n) is 5.51. The van der Waals surface area contributed by atoms with Crippen LogP contribution in [0.1, 0.15) is 30.3 Å². The molecule has 1 N–H and O–H groups in total. The van der Waals surface area contributed by atoms with Gasteiger partial charge in [0.05, 0.1) is 22.3 Å². The molecule has 2 aromatic carbocycles. The third-order valence-corrected chi connectivity index (χ3v) is 5.51. The van der Waals surface area contributed by atoms with Crippen molar-refractivity contribution in [3.8, 4) is 5.69 Å². The monoisotopic (exact) mass is 427 g/mol. The highest BCUT2D eigenvalue weighted by molar-refractivity contribution is 5.93. The Morgan fingerprint density at radius 1 is 1.06 bits per heavy atom. The Kier molecular flexibility index (Phi) is 4.89. The molecular weight excluding hydrogens is 406 g/mol. The fraction of sp³-hybridized carbons (Fsp3) is 0.208. The molecule has 8 nitrogen and oxygen atoms in total. The number of aromatic nitrogens is 4. The Balaban J connectivity index is 1.44. The number of carbonyl (C=O) groups excluding carboxylic acids is 1. The van der Waals surface area contributed by atoms with Crippen molar-refractivity contribution in [3.63, 3.8) is 0 Å². The highest BCUT2D eigenvalue weighted by atomic mass is 16.2. The number of nitrogens with zero attached hydrogens (tertiary/aromatic N) is 4. The molecule has 0 aliphatic heterocycles. The summed E-state index contributed by atoms with van der Waals surface area (Å²) < 4.78 is 2.72. The Labute approximate surface area is 183 Å². The van der Waals surface area contributed by atoms with Gasteiger partial charge in [0.25, 0.3) is 11.1 Å². The van der Waals surface area contributed by atoms with E-state index in [9.17, 15) is 14.4 Å². The molecule has 1 fully saturated rings. The molecule has 0 saturated heterocycles. The number of hydrogen-bond donors (Lipinski definition) is 1. The number of nitrogens with one attached hydrogen (secondary N) is 1. The smallest absolute Gasteiger partial charge is 0.267 e. The van der Waals surface area contributed by atoms with Crippen molar-refractivity contribution in [1.82, 2.24) is 19.3 Å². The van der Waals surface area contributed by atoms with E-state index in [4.69, 9.17) is 0 Å². The first kappa shape index (κ1) is 19.9. The molecule has 1 aliphatic rings. The molecule has 1 saturated carbocycles. The summed E-state index contributed by atoms with van der Waals surface area (Å²) >= 11 is 0. The Morgan fingerprint density at radius 2 is 1.84 bits per heavy atom. The van der Waals surface area contributed by atoms with Crippen molar-refractivity contribution in [3.05, 3.63) is 92.9 Å². The number of hydrogen-bond acceptors (Lipinski definition) is 5. The van der Waals surface area contributed by atoms with Crippen LogP contribution < -0.4 is 16.4 Å². The number of para-hydroxylation sites is 1. The number of aryl methyl sites for hydroxylation is 1. The largest absolute Gasteiger partial charge is 0.324 e. The maximum Gasteiger partial charge on any atom is 0.267 e. The van der Waals surface area contributed by atoms with E-state index in [2.05, 4.69) is 15.4 Å². The Morgan fingerprint density at radius 3 is 2.59 bits per heavy atom. The molecule has 0 bridgehead atoms. The lowest BCUT2D eigenvalue weighted by molar-refractivity contribution is -0.117. The van der Waals surface area contributed by atoms with E-state index in [0.29, 0.717) is 28.3 Å². The van der Waals surface area contributed by atoms with Crippen LogP contribution in [0.15, 0.2) is 70.3 Å². The van der Waals surface area contributed by atoms with Gasteiger partial charge in [-0.2, -0.15) is 5.10 Å². The van der Waals surface area contributed by atoms with Gasteiger partial charge in [0.2, 0.25) is 5.91 Å². The minimum Gasteiger partial charge on any atom is -0.324 e. The van der Waals surface area contributed by atoms with Gasteiger partial charge in [0.1, 0.15) is 12.4 Å². The zero-order valence-electron chi connectivity index (χ0n) is 17.5. The van der Waals surface area contributed by atoms with Crippen LogP contribution in [0.25, 0.3) is 16.6 Å². The molecule has 1 aliphatic carbocycles. The van der Waals surface area contributed by atoms with Gasteiger partial charge in [-0.05, 0) is 56.2 Å². The van der Waals surface area contributed by atoms with E-state index < -0.39 is 5.91 Å². The van der Waals surface area contributed by atoms with Crippen molar-refractivity contribution in [2.24, 2.45) is 0 Å². The average Bonchev–Trinajstić information content (AvgIpc) is 3.62. The molecule has 4 aromatic rings. The van der Waals surface area contributed by atoms with Crippen LogP contribution in [-0.2, 0) is 11.3 Å². The van der Waals surface area contributed by atoms with Gasteiger partial charge in [0, 0.05) is 17.7 Å². The van der Waals surface area contributed by atoms with E-state index >= 15 is 0 Å². The van der Waals surface area contributed by atoms with Crippen LogP contribution in [0, 0.1) is 6.92 Å². The number of fused-ring (bicyclic) bond motifs is 1. The van der Waals surface area contributed by atoms with Gasteiger partial charge < -0.3 is 5.32 Å². The van der Waals surface area contributed by atoms with Crippen LogP contribution >= 0.6 is 0 Å². The minimum atomic E-state index is -0.393. The molecule has 2 aromatic heterocycles. The second kappa shape index (κ2) is 7.88. The average molecular weight is 427 g/mol. The second-order valence-corrected chi connectivity index (χ2v) is 7.94. The highest BCUT2D eigenvalue weighted by Crippen LogP contribution is 2.38. The maximum absolute atomic E-state index is 13.2. The van der Waals surface area contributed by atoms with Crippen molar-refractivity contribution >= 4 is 22.5 Å². The molecular formula is C24H21N5O3. The lowest BCUT2D eigenvalue weighted by Gasteiger charge is -2.12. The molecule has 5 rings (SSSR count). The van der Waals surface area contributed by atoms with Crippen molar-refractivity contribution in [1.29, 1.82) is 0 Å². The van der Waals surface area contributed by atoms with Crippen molar-refractivity contribution in [2.45, 2.75) is 32.2 Å². The molecule has 8 heteroatoms.